The molecule has 1 aliphatic rings. The zero-order valence-corrected chi connectivity index (χ0v) is 17.9. The van der Waals surface area contributed by atoms with Gasteiger partial charge in [-0.05, 0) is 42.2 Å². The van der Waals surface area contributed by atoms with Gasteiger partial charge in [-0.1, -0.05) is 6.07 Å². The van der Waals surface area contributed by atoms with E-state index in [1.165, 1.54) is 4.88 Å². The Labute approximate surface area is 173 Å². The molecule has 4 heterocycles. The standard InChI is InChI=1S/C18H21N5O2S3/c1-21-17(14-4-7-19-8-5-14)20-23(18(21)26)13-22(11-16-3-2-9-27-16)15-6-10-28(24,25)12-15/h2-5,7-9,15H,6,10-13H2,1H3/t15-/m0/s1. The minimum Gasteiger partial charge on any atom is -0.303 e. The molecule has 0 saturated carbocycles. The summed E-state index contributed by atoms with van der Waals surface area (Å²) in [6.45, 7) is 1.14. The van der Waals surface area contributed by atoms with E-state index in [2.05, 4.69) is 16.0 Å². The van der Waals surface area contributed by atoms with E-state index in [0.29, 0.717) is 24.4 Å². The molecule has 28 heavy (non-hydrogen) atoms. The number of nitrogens with zero attached hydrogens (tertiary/aromatic N) is 5. The van der Waals surface area contributed by atoms with Crippen molar-refractivity contribution < 1.29 is 8.42 Å². The monoisotopic (exact) mass is 435 g/mol. The third-order valence-electron chi connectivity index (χ3n) is 4.96. The molecule has 0 aliphatic carbocycles. The lowest BCUT2D eigenvalue weighted by molar-refractivity contribution is 0.147. The van der Waals surface area contributed by atoms with Crippen LogP contribution < -0.4 is 0 Å². The maximum Gasteiger partial charge on any atom is 0.199 e. The summed E-state index contributed by atoms with van der Waals surface area (Å²) in [5.74, 6) is 1.20. The molecular formula is C18H21N5O2S3. The summed E-state index contributed by atoms with van der Waals surface area (Å²) in [6, 6.07) is 7.85. The number of rotatable bonds is 6. The second-order valence-corrected chi connectivity index (χ2v) is 10.6. The van der Waals surface area contributed by atoms with Gasteiger partial charge in [-0.3, -0.25) is 9.88 Å². The number of sulfone groups is 1. The molecule has 0 radical (unpaired) electrons. The van der Waals surface area contributed by atoms with E-state index in [1.807, 2.05) is 35.2 Å². The molecule has 1 atom stereocenters. The minimum atomic E-state index is -2.97. The molecule has 1 fully saturated rings. The molecule has 3 aromatic rings. The first-order valence-electron chi connectivity index (χ1n) is 8.94. The SMILES string of the molecule is Cn1c(-c2ccncc2)nn(CN(Cc2cccs2)[C@H]2CCS(=O)(=O)C2)c1=S. The van der Waals surface area contributed by atoms with Crippen LogP contribution in [0.4, 0.5) is 0 Å². The van der Waals surface area contributed by atoms with E-state index >= 15 is 0 Å². The van der Waals surface area contributed by atoms with Gasteiger partial charge in [-0.15, -0.1) is 11.3 Å². The van der Waals surface area contributed by atoms with Crippen LogP contribution in [-0.2, 0) is 30.1 Å². The molecule has 7 nitrogen and oxygen atoms in total. The van der Waals surface area contributed by atoms with Crippen LogP contribution in [0, 0.1) is 4.77 Å². The minimum absolute atomic E-state index is 0.0274. The lowest BCUT2D eigenvalue weighted by Crippen LogP contribution is -2.37. The second kappa shape index (κ2) is 7.86. The van der Waals surface area contributed by atoms with Crippen molar-refractivity contribution in [2.75, 3.05) is 11.5 Å². The molecule has 0 bridgehead atoms. The Morgan fingerprint density at radius 3 is 2.75 bits per heavy atom. The third-order valence-corrected chi connectivity index (χ3v) is 8.05. The number of aromatic nitrogens is 4. The normalized spacial score (nSPS) is 18.7. The van der Waals surface area contributed by atoms with Crippen LogP contribution in [0.5, 0.6) is 0 Å². The van der Waals surface area contributed by atoms with Crippen molar-refractivity contribution in [2.24, 2.45) is 7.05 Å². The van der Waals surface area contributed by atoms with E-state index in [-0.39, 0.29) is 17.5 Å². The maximum absolute atomic E-state index is 12.0. The first-order chi connectivity index (χ1) is 13.4. The van der Waals surface area contributed by atoms with Gasteiger partial charge in [0.1, 0.15) is 0 Å². The van der Waals surface area contributed by atoms with Gasteiger partial charge in [0.15, 0.2) is 20.4 Å². The molecule has 0 unspecified atom stereocenters. The highest BCUT2D eigenvalue weighted by molar-refractivity contribution is 7.91. The molecule has 0 amide bonds. The van der Waals surface area contributed by atoms with Gasteiger partial charge in [0.25, 0.3) is 0 Å². The van der Waals surface area contributed by atoms with Crippen molar-refractivity contribution in [3.63, 3.8) is 0 Å². The average Bonchev–Trinajstić information content (AvgIpc) is 3.38. The van der Waals surface area contributed by atoms with Gasteiger partial charge in [-0.25, -0.2) is 13.1 Å². The Bertz CT molecular complexity index is 1100. The van der Waals surface area contributed by atoms with E-state index in [0.717, 1.165) is 11.4 Å². The van der Waals surface area contributed by atoms with E-state index in [4.69, 9.17) is 17.3 Å². The largest absolute Gasteiger partial charge is 0.303 e. The smallest absolute Gasteiger partial charge is 0.199 e. The van der Waals surface area contributed by atoms with Crippen molar-refractivity contribution in [2.45, 2.75) is 25.7 Å². The van der Waals surface area contributed by atoms with E-state index in [9.17, 15) is 8.42 Å². The van der Waals surface area contributed by atoms with Gasteiger partial charge in [0.2, 0.25) is 0 Å². The molecule has 148 valence electrons. The summed E-state index contributed by atoms with van der Waals surface area (Å²) >= 11 is 7.28. The lowest BCUT2D eigenvalue weighted by atomic mass is 10.2. The fourth-order valence-corrected chi connectivity index (χ4v) is 6.14. The Morgan fingerprint density at radius 1 is 1.32 bits per heavy atom. The Kier molecular flexibility index (Phi) is 5.46. The molecule has 3 aromatic heterocycles. The van der Waals surface area contributed by atoms with Gasteiger partial charge >= 0.3 is 0 Å². The molecule has 0 spiro atoms. The average molecular weight is 436 g/mol. The van der Waals surface area contributed by atoms with Crippen molar-refractivity contribution in [3.05, 3.63) is 51.7 Å². The summed E-state index contributed by atoms with van der Waals surface area (Å²) in [4.78, 5) is 7.42. The molecule has 10 heteroatoms. The zero-order chi connectivity index (χ0) is 19.7. The maximum atomic E-state index is 12.0. The highest BCUT2D eigenvalue weighted by atomic mass is 32.2. The highest BCUT2D eigenvalue weighted by Crippen LogP contribution is 2.23. The predicted octanol–water partition coefficient (Wildman–Crippen LogP) is 2.72. The molecule has 4 rings (SSSR count). The number of hydrogen-bond acceptors (Lipinski definition) is 7. The molecule has 0 aromatic carbocycles. The summed E-state index contributed by atoms with van der Waals surface area (Å²) in [5.41, 5.74) is 0.940. The van der Waals surface area contributed by atoms with Crippen LogP contribution in [-0.4, -0.2) is 50.2 Å². The fourth-order valence-electron chi connectivity index (χ4n) is 3.47. The van der Waals surface area contributed by atoms with Crippen LogP contribution in [0.2, 0.25) is 0 Å². The quantitative estimate of drug-likeness (QED) is 0.555. The van der Waals surface area contributed by atoms with Crippen LogP contribution in [0.15, 0.2) is 42.0 Å². The number of hydrogen-bond donors (Lipinski definition) is 0. The van der Waals surface area contributed by atoms with Crippen molar-refractivity contribution in [1.82, 2.24) is 24.2 Å². The third kappa shape index (κ3) is 4.09. The lowest BCUT2D eigenvalue weighted by Gasteiger charge is -2.27. The molecule has 0 N–H and O–H groups in total. The van der Waals surface area contributed by atoms with E-state index in [1.54, 1.807) is 28.4 Å². The summed E-state index contributed by atoms with van der Waals surface area (Å²) in [7, 11) is -1.08. The van der Waals surface area contributed by atoms with Crippen molar-refractivity contribution in [3.8, 4) is 11.4 Å². The summed E-state index contributed by atoms with van der Waals surface area (Å²) in [5, 5.41) is 6.75. The first-order valence-corrected chi connectivity index (χ1v) is 12.0. The summed E-state index contributed by atoms with van der Waals surface area (Å²) in [6.07, 6.45) is 4.10. The predicted molar refractivity (Wildman–Crippen MR) is 112 cm³/mol. The second-order valence-electron chi connectivity index (χ2n) is 6.93. The Hall–Kier alpha value is -1.88. The highest BCUT2D eigenvalue weighted by Gasteiger charge is 2.33. The van der Waals surface area contributed by atoms with Crippen LogP contribution in [0.25, 0.3) is 11.4 Å². The van der Waals surface area contributed by atoms with Gasteiger partial charge in [0, 0.05) is 42.5 Å². The van der Waals surface area contributed by atoms with Crippen molar-refractivity contribution >= 4 is 33.4 Å². The Morgan fingerprint density at radius 2 is 2.11 bits per heavy atom. The number of pyridine rings is 1. The topological polar surface area (TPSA) is 73.0 Å². The molecular weight excluding hydrogens is 414 g/mol. The Balaban J connectivity index is 1.64. The van der Waals surface area contributed by atoms with E-state index < -0.39 is 9.84 Å². The van der Waals surface area contributed by atoms with Gasteiger partial charge in [-0.2, -0.15) is 5.10 Å². The van der Waals surface area contributed by atoms with Crippen LogP contribution in [0.1, 0.15) is 11.3 Å². The van der Waals surface area contributed by atoms with Gasteiger partial charge in [0.05, 0.1) is 18.2 Å². The first kappa shape index (κ1) is 19.4. The van der Waals surface area contributed by atoms with Crippen molar-refractivity contribution in [1.29, 1.82) is 0 Å². The molecule has 1 aliphatic heterocycles. The summed E-state index contributed by atoms with van der Waals surface area (Å²) < 4.78 is 28.3. The molecule has 1 saturated heterocycles. The van der Waals surface area contributed by atoms with Gasteiger partial charge < -0.3 is 4.57 Å². The van der Waals surface area contributed by atoms with Crippen LogP contribution >= 0.6 is 23.6 Å². The number of thiophene rings is 1. The fraction of sp³-hybridized carbons (Fsp3) is 0.389. The zero-order valence-electron chi connectivity index (χ0n) is 15.4. The van der Waals surface area contributed by atoms with Crippen LogP contribution in [0.3, 0.4) is 0 Å².